The van der Waals surface area contributed by atoms with Crippen molar-refractivity contribution in [3.8, 4) is 5.75 Å². The van der Waals surface area contributed by atoms with Crippen LogP contribution in [0.2, 0.25) is 5.02 Å². The third kappa shape index (κ3) is 3.63. The molecule has 1 fully saturated rings. The molecule has 0 aliphatic carbocycles. The number of Topliss-reactive ketones (excluding diaryl/α,β-unsaturated/α-hetero) is 1. The molecule has 33 heavy (non-hydrogen) atoms. The molecule has 4 aromatic rings. The quantitative estimate of drug-likeness (QED) is 0.253. The highest BCUT2D eigenvalue weighted by atomic mass is 35.5. The molecule has 164 valence electrons. The molecule has 1 unspecified atom stereocenters. The average molecular weight is 478 g/mol. The number of fused-ring (bicyclic) bond motifs is 1. The van der Waals surface area contributed by atoms with E-state index in [4.69, 9.17) is 16.3 Å². The number of benzene rings is 3. The zero-order valence-electron chi connectivity index (χ0n) is 17.2. The molecular formula is C24H16ClN3O4S. The van der Waals surface area contributed by atoms with Gasteiger partial charge in [-0.3, -0.25) is 14.5 Å². The number of nitrogens with zero attached hydrogens (tertiary/aromatic N) is 3. The van der Waals surface area contributed by atoms with E-state index in [0.717, 1.165) is 22.1 Å². The zero-order chi connectivity index (χ0) is 23.1. The van der Waals surface area contributed by atoms with Crippen molar-refractivity contribution in [3.63, 3.8) is 0 Å². The molecule has 9 heteroatoms. The lowest BCUT2D eigenvalue weighted by atomic mass is 9.94. The van der Waals surface area contributed by atoms with E-state index in [-0.39, 0.29) is 16.5 Å². The Balaban J connectivity index is 1.70. The predicted octanol–water partition coefficient (Wildman–Crippen LogP) is 4.98. The summed E-state index contributed by atoms with van der Waals surface area (Å²) in [6, 6.07) is 16.8. The van der Waals surface area contributed by atoms with E-state index >= 15 is 0 Å². The fraction of sp³-hybridized carbons (Fsp3) is 0.0833. The topological polar surface area (TPSA) is 92.6 Å². The predicted molar refractivity (Wildman–Crippen MR) is 127 cm³/mol. The second-order valence-electron chi connectivity index (χ2n) is 7.37. The maximum Gasteiger partial charge on any atom is 0.301 e. The highest BCUT2D eigenvalue weighted by molar-refractivity contribution is 7.13. The van der Waals surface area contributed by atoms with Crippen LogP contribution in [0.1, 0.15) is 17.2 Å². The molecule has 1 aliphatic rings. The minimum absolute atomic E-state index is 0.0367. The number of aliphatic hydroxyl groups excluding tert-OH is 1. The number of hydrogen-bond donors (Lipinski definition) is 1. The summed E-state index contributed by atoms with van der Waals surface area (Å²) in [6.45, 7) is 0. The number of hydrogen-bond acceptors (Lipinski definition) is 7. The van der Waals surface area contributed by atoms with E-state index in [2.05, 4.69) is 10.2 Å². The van der Waals surface area contributed by atoms with Gasteiger partial charge in [0.1, 0.15) is 17.0 Å². The van der Waals surface area contributed by atoms with Gasteiger partial charge in [0.15, 0.2) is 0 Å². The van der Waals surface area contributed by atoms with Crippen LogP contribution in [0.5, 0.6) is 5.75 Å². The number of aliphatic hydroxyl groups is 1. The van der Waals surface area contributed by atoms with Gasteiger partial charge in [-0.1, -0.05) is 53.3 Å². The standard InChI is InChI=1S/C24H16ClN3O4S/c1-32-18-8-7-13-9-16(6-5-14(13)11-18)21(29)19-20(15-3-2-4-17(25)10-15)28(23(31)22(19)30)24-27-26-12-33-24/h2-12,20,29H,1H3/b21-19+. The normalized spacial score (nSPS) is 17.6. The molecule has 7 nitrogen and oxygen atoms in total. The molecule has 0 saturated carbocycles. The van der Waals surface area contributed by atoms with Gasteiger partial charge in [0, 0.05) is 10.6 Å². The number of ketones is 1. The van der Waals surface area contributed by atoms with E-state index < -0.39 is 17.7 Å². The van der Waals surface area contributed by atoms with E-state index in [1.165, 1.54) is 10.4 Å². The number of rotatable bonds is 4. The summed E-state index contributed by atoms with van der Waals surface area (Å²) in [5.74, 6) is -1.16. The smallest absolute Gasteiger partial charge is 0.301 e. The molecule has 5 rings (SSSR count). The van der Waals surface area contributed by atoms with Gasteiger partial charge in [0.05, 0.1) is 18.7 Å². The number of carbonyl (C=O) groups excluding carboxylic acids is 2. The van der Waals surface area contributed by atoms with Crippen molar-refractivity contribution < 1.29 is 19.4 Å². The molecule has 0 radical (unpaired) electrons. The minimum Gasteiger partial charge on any atom is -0.507 e. The number of amides is 1. The lowest BCUT2D eigenvalue weighted by Crippen LogP contribution is -2.29. The van der Waals surface area contributed by atoms with Gasteiger partial charge in [-0.2, -0.15) is 0 Å². The van der Waals surface area contributed by atoms with Crippen LogP contribution < -0.4 is 9.64 Å². The third-order valence-corrected chi connectivity index (χ3v) is 6.41. The van der Waals surface area contributed by atoms with Crippen LogP contribution >= 0.6 is 22.9 Å². The number of halogens is 1. The van der Waals surface area contributed by atoms with E-state index in [1.54, 1.807) is 43.5 Å². The van der Waals surface area contributed by atoms with Crippen molar-refractivity contribution in [2.75, 3.05) is 12.0 Å². The monoisotopic (exact) mass is 477 g/mol. The third-order valence-electron chi connectivity index (χ3n) is 5.48. The Bertz CT molecular complexity index is 1430. The Hall–Kier alpha value is -3.75. The Morgan fingerprint density at radius 3 is 2.61 bits per heavy atom. The van der Waals surface area contributed by atoms with Gasteiger partial charge >= 0.3 is 5.91 Å². The van der Waals surface area contributed by atoms with Gasteiger partial charge in [-0.15, -0.1) is 10.2 Å². The van der Waals surface area contributed by atoms with E-state index in [1.807, 2.05) is 24.3 Å². The molecule has 1 N–H and O–H groups in total. The first-order valence-corrected chi connectivity index (χ1v) is 11.1. The number of aromatic nitrogens is 2. The van der Waals surface area contributed by atoms with E-state index in [0.29, 0.717) is 21.9 Å². The van der Waals surface area contributed by atoms with Gasteiger partial charge in [-0.05, 0) is 46.7 Å². The fourth-order valence-corrected chi connectivity index (χ4v) is 4.73. The second kappa shape index (κ2) is 8.31. The summed E-state index contributed by atoms with van der Waals surface area (Å²) in [4.78, 5) is 27.4. The van der Waals surface area contributed by atoms with Gasteiger partial charge < -0.3 is 9.84 Å². The Kier molecular flexibility index (Phi) is 5.32. The molecular weight excluding hydrogens is 462 g/mol. The Morgan fingerprint density at radius 2 is 1.88 bits per heavy atom. The molecule has 1 aliphatic heterocycles. The first kappa shape index (κ1) is 21.1. The highest BCUT2D eigenvalue weighted by Gasteiger charge is 2.48. The van der Waals surface area contributed by atoms with Crippen LogP contribution in [0, 0.1) is 0 Å². The second-order valence-corrected chi connectivity index (χ2v) is 8.62. The summed E-state index contributed by atoms with van der Waals surface area (Å²) in [5.41, 5.74) is 2.42. The van der Waals surface area contributed by atoms with Crippen molar-refractivity contribution in [3.05, 3.63) is 87.9 Å². The molecule has 2 heterocycles. The van der Waals surface area contributed by atoms with Crippen LogP contribution in [-0.2, 0) is 9.59 Å². The molecule has 1 aromatic heterocycles. The lowest BCUT2D eigenvalue weighted by Gasteiger charge is -2.22. The number of ether oxygens (including phenoxy) is 1. The van der Waals surface area contributed by atoms with Crippen LogP contribution in [-0.4, -0.2) is 34.1 Å². The largest absolute Gasteiger partial charge is 0.507 e. The molecule has 3 aromatic carbocycles. The Morgan fingerprint density at radius 1 is 1.09 bits per heavy atom. The fourth-order valence-electron chi connectivity index (χ4n) is 3.95. The van der Waals surface area contributed by atoms with Crippen molar-refractivity contribution in [2.45, 2.75) is 6.04 Å². The number of anilines is 1. The number of carbonyl (C=O) groups is 2. The molecule has 0 bridgehead atoms. The van der Waals surface area contributed by atoms with Crippen molar-refractivity contribution in [1.82, 2.24) is 10.2 Å². The first-order valence-electron chi connectivity index (χ1n) is 9.89. The average Bonchev–Trinajstić information content (AvgIpc) is 3.44. The summed E-state index contributed by atoms with van der Waals surface area (Å²) in [5, 5.41) is 21.5. The van der Waals surface area contributed by atoms with Gasteiger partial charge in [-0.25, -0.2) is 0 Å². The van der Waals surface area contributed by atoms with Crippen molar-refractivity contribution in [1.29, 1.82) is 0 Å². The molecule has 1 amide bonds. The van der Waals surface area contributed by atoms with Crippen LogP contribution in [0.25, 0.3) is 16.5 Å². The molecule has 0 spiro atoms. The van der Waals surface area contributed by atoms with Crippen molar-refractivity contribution >= 4 is 56.3 Å². The minimum atomic E-state index is -0.900. The van der Waals surface area contributed by atoms with Crippen molar-refractivity contribution in [2.24, 2.45) is 0 Å². The first-order chi connectivity index (χ1) is 16.0. The number of methoxy groups -OCH3 is 1. The summed E-state index contributed by atoms with van der Waals surface area (Å²) >= 11 is 7.33. The summed E-state index contributed by atoms with van der Waals surface area (Å²) < 4.78 is 5.26. The highest BCUT2D eigenvalue weighted by Crippen LogP contribution is 2.43. The maximum absolute atomic E-state index is 13.1. The molecule has 1 saturated heterocycles. The van der Waals surface area contributed by atoms with E-state index in [9.17, 15) is 14.7 Å². The zero-order valence-corrected chi connectivity index (χ0v) is 18.8. The van der Waals surface area contributed by atoms with Crippen LogP contribution in [0.4, 0.5) is 5.13 Å². The lowest BCUT2D eigenvalue weighted by molar-refractivity contribution is -0.132. The SMILES string of the molecule is COc1ccc2cc(/C(O)=C3\C(=O)C(=O)N(c4nncs4)C3c3cccc(Cl)c3)ccc2c1. The summed E-state index contributed by atoms with van der Waals surface area (Å²) in [7, 11) is 1.59. The summed E-state index contributed by atoms with van der Waals surface area (Å²) in [6.07, 6.45) is 0. The Labute approximate surface area is 197 Å². The van der Waals surface area contributed by atoms with Gasteiger partial charge in [0.25, 0.3) is 5.78 Å². The van der Waals surface area contributed by atoms with Crippen LogP contribution in [0.15, 0.2) is 71.7 Å². The van der Waals surface area contributed by atoms with Crippen LogP contribution in [0.3, 0.4) is 0 Å². The van der Waals surface area contributed by atoms with Gasteiger partial charge in [0.2, 0.25) is 5.13 Å². The molecule has 1 atom stereocenters. The maximum atomic E-state index is 13.1.